The summed E-state index contributed by atoms with van der Waals surface area (Å²) in [7, 11) is -2.13. The van der Waals surface area contributed by atoms with Gasteiger partial charge >= 0.3 is 6.01 Å². The smallest absolute Gasteiger partial charge is 0.322 e. The van der Waals surface area contributed by atoms with Gasteiger partial charge in [-0.15, -0.1) is 5.10 Å². The molecule has 2 aromatic heterocycles. The van der Waals surface area contributed by atoms with Crippen molar-refractivity contribution < 1.29 is 17.5 Å². The Morgan fingerprint density at radius 2 is 1.86 bits per heavy atom. The molecule has 0 aliphatic rings. The number of benzene rings is 1. The largest absolute Gasteiger partial charge is 0.424 e. The standard InChI is InChI=1S/C18H23FN6O3S/c1-6-25-17(20-21-18(25)28-15-9-7-14(19)8-10-15)12(3)23-29(26,27)16-11(2)22-24(5)13(16)4/h7-10,12,23H,6H2,1-5H3/t12-/m1/s1. The molecule has 0 saturated carbocycles. The molecule has 1 aromatic carbocycles. The third-order valence-corrected chi connectivity index (χ3v) is 6.31. The fourth-order valence-electron chi connectivity index (χ4n) is 3.09. The molecule has 156 valence electrons. The Kier molecular flexibility index (Phi) is 5.71. The molecule has 3 rings (SSSR count). The molecule has 9 nitrogen and oxygen atoms in total. The summed E-state index contributed by atoms with van der Waals surface area (Å²) < 4.78 is 50.4. The number of aryl methyl sites for hydroxylation is 2. The summed E-state index contributed by atoms with van der Waals surface area (Å²) in [5.74, 6) is 0.418. The molecule has 1 N–H and O–H groups in total. The van der Waals surface area contributed by atoms with Crippen molar-refractivity contribution in [2.45, 2.75) is 45.2 Å². The first kappa shape index (κ1) is 20.9. The molecule has 0 unspecified atom stereocenters. The molecule has 0 spiro atoms. The van der Waals surface area contributed by atoms with Crippen LogP contribution in [0.2, 0.25) is 0 Å². The summed E-state index contributed by atoms with van der Waals surface area (Å²) in [5, 5.41) is 12.3. The molecule has 0 aliphatic heterocycles. The average molecular weight is 422 g/mol. The molecular weight excluding hydrogens is 399 g/mol. The van der Waals surface area contributed by atoms with Crippen LogP contribution in [0.5, 0.6) is 11.8 Å². The summed E-state index contributed by atoms with van der Waals surface area (Å²) in [4.78, 5) is 0.150. The zero-order chi connectivity index (χ0) is 21.3. The fraction of sp³-hybridized carbons (Fsp3) is 0.389. The highest BCUT2D eigenvalue weighted by molar-refractivity contribution is 7.89. The Morgan fingerprint density at radius 1 is 1.21 bits per heavy atom. The number of nitrogens with zero attached hydrogens (tertiary/aromatic N) is 5. The maximum absolute atomic E-state index is 13.1. The number of sulfonamides is 1. The van der Waals surface area contributed by atoms with E-state index in [-0.39, 0.29) is 16.7 Å². The molecule has 0 fully saturated rings. The highest BCUT2D eigenvalue weighted by atomic mass is 32.2. The Hall–Kier alpha value is -2.79. The van der Waals surface area contributed by atoms with E-state index in [1.54, 1.807) is 32.4 Å². The number of halogens is 1. The second kappa shape index (κ2) is 7.91. The number of hydrogen-bond acceptors (Lipinski definition) is 6. The summed E-state index contributed by atoms with van der Waals surface area (Å²) in [5.41, 5.74) is 0.960. The Labute approximate surface area is 168 Å². The number of aromatic nitrogens is 5. The Balaban J connectivity index is 1.86. The van der Waals surface area contributed by atoms with Gasteiger partial charge in [0.15, 0.2) is 5.82 Å². The normalized spacial score (nSPS) is 12.9. The lowest BCUT2D eigenvalue weighted by Crippen LogP contribution is -2.29. The van der Waals surface area contributed by atoms with Gasteiger partial charge in [-0.1, -0.05) is 5.10 Å². The van der Waals surface area contributed by atoms with Gasteiger partial charge in [-0.3, -0.25) is 9.25 Å². The lowest BCUT2D eigenvalue weighted by atomic mass is 10.3. The number of rotatable bonds is 7. The van der Waals surface area contributed by atoms with E-state index in [9.17, 15) is 12.8 Å². The first-order valence-electron chi connectivity index (χ1n) is 9.03. The summed E-state index contributed by atoms with van der Waals surface area (Å²) >= 11 is 0. The van der Waals surface area contributed by atoms with Gasteiger partial charge in [0.25, 0.3) is 0 Å². The van der Waals surface area contributed by atoms with Crippen molar-refractivity contribution in [1.29, 1.82) is 0 Å². The predicted molar refractivity (Wildman–Crippen MR) is 104 cm³/mol. The van der Waals surface area contributed by atoms with Crippen LogP contribution < -0.4 is 9.46 Å². The van der Waals surface area contributed by atoms with Gasteiger partial charge < -0.3 is 4.74 Å². The van der Waals surface area contributed by atoms with Gasteiger partial charge in [-0.05, 0) is 52.0 Å². The average Bonchev–Trinajstić information content (AvgIpc) is 3.16. The van der Waals surface area contributed by atoms with E-state index in [1.165, 1.54) is 28.9 Å². The van der Waals surface area contributed by atoms with Crippen LogP contribution in [0.4, 0.5) is 4.39 Å². The van der Waals surface area contributed by atoms with Gasteiger partial charge in [0.05, 0.1) is 17.4 Å². The summed E-state index contributed by atoms with van der Waals surface area (Å²) in [6.07, 6.45) is 0. The maximum atomic E-state index is 13.1. The number of ether oxygens (including phenoxy) is 1. The van der Waals surface area contributed by atoms with Crippen LogP contribution in [0, 0.1) is 19.7 Å². The minimum Gasteiger partial charge on any atom is -0.424 e. The van der Waals surface area contributed by atoms with E-state index >= 15 is 0 Å². The SMILES string of the molecule is CCn1c(Oc2ccc(F)cc2)nnc1[C@@H](C)NS(=O)(=O)c1c(C)nn(C)c1C. The van der Waals surface area contributed by atoms with E-state index in [2.05, 4.69) is 20.0 Å². The summed E-state index contributed by atoms with van der Waals surface area (Å²) in [6, 6.07) is 5.02. The van der Waals surface area contributed by atoms with Crippen molar-refractivity contribution >= 4 is 10.0 Å². The maximum Gasteiger partial charge on any atom is 0.322 e. The first-order valence-corrected chi connectivity index (χ1v) is 10.5. The molecule has 3 aromatic rings. The van der Waals surface area contributed by atoms with Gasteiger partial charge in [-0.25, -0.2) is 17.5 Å². The molecular formula is C18H23FN6O3S. The quantitative estimate of drug-likeness (QED) is 0.628. The number of nitrogens with one attached hydrogen (secondary N) is 1. The second-order valence-electron chi connectivity index (χ2n) is 6.61. The summed E-state index contributed by atoms with van der Waals surface area (Å²) in [6.45, 7) is 7.34. The molecule has 2 heterocycles. The van der Waals surface area contributed by atoms with E-state index < -0.39 is 16.1 Å². The minimum absolute atomic E-state index is 0.150. The highest BCUT2D eigenvalue weighted by Gasteiger charge is 2.28. The van der Waals surface area contributed by atoms with Crippen molar-refractivity contribution in [3.8, 4) is 11.8 Å². The van der Waals surface area contributed by atoms with Gasteiger partial charge in [-0.2, -0.15) is 5.10 Å². The van der Waals surface area contributed by atoms with Crippen LogP contribution in [0.1, 0.15) is 37.1 Å². The van der Waals surface area contributed by atoms with Crippen LogP contribution >= 0.6 is 0 Å². The van der Waals surface area contributed by atoms with Crippen LogP contribution in [-0.4, -0.2) is 33.0 Å². The van der Waals surface area contributed by atoms with Crippen molar-refractivity contribution in [2.24, 2.45) is 7.05 Å². The molecule has 29 heavy (non-hydrogen) atoms. The van der Waals surface area contributed by atoms with Crippen LogP contribution in [0.15, 0.2) is 29.2 Å². The van der Waals surface area contributed by atoms with Crippen LogP contribution in [-0.2, 0) is 23.6 Å². The molecule has 0 saturated heterocycles. The zero-order valence-electron chi connectivity index (χ0n) is 16.8. The Bertz CT molecular complexity index is 1120. The lowest BCUT2D eigenvalue weighted by molar-refractivity contribution is 0.407. The van der Waals surface area contributed by atoms with Crippen molar-refractivity contribution in [1.82, 2.24) is 29.3 Å². The van der Waals surface area contributed by atoms with E-state index in [4.69, 9.17) is 4.74 Å². The third kappa shape index (κ3) is 4.15. The predicted octanol–water partition coefficient (Wildman–Crippen LogP) is 2.62. The second-order valence-corrected chi connectivity index (χ2v) is 8.26. The van der Waals surface area contributed by atoms with Crippen molar-refractivity contribution in [3.63, 3.8) is 0 Å². The molecule has 1 atom stereocenters. The molecule has 0 radical (unpaired) electrons. The Morgan fingerprint density at radius 3 is 2.41 bits per heavy atom. The lowest BCUT2D eigenvalue weighted by Gasteiger charge is -2.15. The third-order valence-electron chi connectivity index (χ3n) is 4.52. The monoisotopic (exact) mass is 422 g/mol. The van der Waals surface area contributed by atoms with Crippen molar-refractivity contribution in [2.75, 3.05) is 0 Å². The topological polar surface area (TPSA) is 104 Å². The minimum atomic E-state index is -3.82. The van der Waals surface area contributed by atoms with E-state index in [0.29, 0.717) is 29.5 Å². The van der Waals surface area contributed by atoms with Crippen LogP contribution in [0.3, 0.4) is 0 Å². The van der Waals surface area contributed by atoms with Gasteiger partial charge in [0, 0.05) is 13.6 Å². The van der Waals surface area contributed by atoms with Crippen LogP contribution in [0.25, 0.3) is 0 Å². The highest BCUT2D eigenvalue weighted by Crippen LogP contribution is 2.25. The van der Waals surface area contributed by atoms with Gasteiger partial charge in [0.2, 0.25) is 10.0 Å². The molecule has 11 heteroatoms. The molecule has 0 aliphatic carbocycles. The van der Waals surface area contributed by atoms with E-state index in [0.717, 1.165) is 0 Å². The fourth-order valence-corrected chi connectivity index (χ4v) is 4.73. The van der Waals surface area contributed by atoms with Crippen molar-refractivity contribution in [3.05, 3.63) is 47.3 Å². The number of hydrogen-bond donors (Lipinski definition) is 1. The molecule has 0 bridgehead atoms. The van der Waals surface area contributed by atoms with E-state index in [1.807, 2.05) is 6.92 Å². The first-order chi connectivity index (χ1) is 13.6. The zero-order valence-corrected chi connectivity index (χ0v) is 17.7. The molecule has 0 amide bonds. The van der Waals surface area contributed by atoms with Gasteiger partial charge in [0.1, 0.15) is 16.5 Å².